The quantitative estimate of drug-likeness (QED) is 0.775. The van der Waals surface area contributed by atoms with E-state index < -0.39 is 0 Å². The number of hydrogen-bond acceptors (Lipinski definition) is 6. The van der Waals surface area contributed by atoms with E-state index in [0.717, 1.165) is 49.4 Å². The van der Waals surface area contributed by atoms with Crippen molar-refractivity contribution in [3.63, 3.8) is 0 Å². The van der Waals surface area contributed by atoms with Gasteiger partial charge in [-0.05, 0) is 24.3 Å². The molecular weight excluding hydrogens is 326 g/mol. The number of nitrogens with one attached hydrogen (secondary N) is 1. The van der Waals surface area contributed by atoms with Gasteiger partial charge in [0.05, 0.1) is 30.8 Å². The summed E-state index contributed by atoms with van der Waals surface area (Å²) in [6.07, 6.45) is 3.31. The highest BCUT2D eigenvalue weighted by Crippen LogP contribution is 2.13. The normalized spacial score (nSPS) is 14.6. The van der Waals surface area contributed by atoms with E-state index in [1.807, 2.05) is 24.3 Å². The second-order valence-corrected chi connectivity index (χ2v) is 6.50. The van der Waals surface area contributed by atoms with E-state index in [0.29, 0.717) is 12.1 Å². The zero-order valence-corrected chi connectivity index (χ0v) is 14.3. The lowest BCUT2D eigenvalue weighted by Gasteiger charge is -2.27. The molecule has 0 saturated carbocycles. The summed E-state index contributed by atoms with van der Waals surface area (Å²) in [5.41, 5.74) is 0.586. The number of ether oxygens (including phenoxy) is 1. The number of nitrogens with zero attached hydrogens (tertiary/aromatic N) is 2. The molecule has 2 aromatic rings. The summed E-state index contributed by atoms with van der Waals surface area (Å²) < 4.78 is 10.6. The van der Waals surface area contributed by atoms with E-state index in [1.165, 1.54) is 0 Å². The topological polar surface area (TPSA) is 67.6 Å². The zero-order valence-electron chi connectivity index (χ0n) is 13.4. The van der Waals surface area contributed by atoms with E-state index >= 15 is 0 Å². The Hall–Kier alpha value is -1.99. The number of rotatable bonds is 7. The summed E-state index contributed by atoms with van der Waals surface area (Å²) in [7, 11) is 0. The van der Waals surface area contributed by atoms with Crippen LogP contribution in [0.15, 0.2) is 41.1 Å². The zero-order chi connectivity index (χ0) is 16.6. The Kier molecular flexibility index (Phi) is 6.14. The molecule has 24 heavy (non-hydrogen) atoms. The summed E-state index contributed by atoms with van der Waals surface area (Å²) in [5, 5.41) is 2.91. The molecule has 0 radical (unpaired) electrons. The first-order valence-corrected chi connectivity index (χ1v) is 9.15. The fourth-order valence-corrected chi connectivity index (χ4v) is 3.16. The molecule has 0 unspecified atom stereocenters. The highest BCUT2D eigenvalue weighted by molar-refractivity contribution is 7.98. The molecule has 128 valence electrons. The molecule has 7 heteroatoms. The molecule has 3 heterocycles. The fourth-order valence-electron chi connectivity index (χ4n) is 2.41. The van der Waals surface area contributed by atoms with Crippen LogP contribution in [-0.4, -0.2) is 49.5 Å². The molecule has 0 bridgehead atoms. The second-order valence-electron chi connectivity index (χ2n) is 5.39. The van der Waals surface area contributed by atoms with Crippen LogP contribution in [0.25, 0.3) is 0 Å². The van der Waals surface area contributed by atoms with Crippen molar-refractivity contribution in [1.29, 1.82) is 0 Å². The number of aromatic nitrogens is 1. The molecule has 6 nitrogen and oxygen atoms in total. The maximum absolute atomic E-state index is 12.1. The standard InChI is InChI=1S/C17H21N3O3S/c21-17(18-5-11-24-13-15-2-1-8-23-15)14-3-4-16(19-12-14)20-6-9-22-10-7-20/h1-4,8,12H,5-7,9-11,13H2,(H,18,21). The monoisotopic (exact) mass is 347 g/mol. The maximum Gasteiger partial charge on any atom is 0.252 e. The Morgan fingerprint density at radius 3 is 2.88 bits per heavy atom. The lowest BCUT2D eigenvalue weighted by molar-refractivity contribution is 0.0955. The van der Waals surface area contributed by atoms with E-state index in [9.17, 15) is 4.79 Å². The van der Waals surface area contributed by atoms with Gasteiger partial charge >= 0.3 is 0 Å². The number of carbonyl (C=O) groups excluding carboxylic acids is 1. The number of amides is 1. The highest BCUT2D eigenvalue weighted by Gasteiger charge is 2.13. The molecule has 3 rings (SSSR count). The van der Waals surface area contributed by atoms with Crippen LogP contribution in [0.5, 0.6) is 0 Å². The number of pyridine rings is 1. The third kappa shape index (κ3) is 4.75. The Morgan fingerprint density at radius 1 is 1.29 bits per heavy atom. The Morgan fingerprint density at radius 2 is 2.17 bits per heavy atom. The van der Waals surface area contributed by atoms with Crippen molar-refractivity contribution < 1.29 is 13.9 Å². The van der Waals surface area contributed by atoms with Crippen LogP contribution in [0, 0.1) is 0 Å². The van der Waals surface area contributed by atoms with Crippen molar-refractivity contribution in [2.75, 3.05) is 43.5 Å². The van der Waals surface area contributed by atoms with Gasteiger partial charge in [0.2, 0.25) is 0 Å². The molecule has 1 saturated heterocycles. The van der Waals surface area contributed by atoms with Gasteiger partial charge in [-0.3, -0.25) is 4.79 Å². The SMILES string of the molecule is O=C(NCCSCc1ccco1)c1ccc(N2CCOCC2)nc1. The molecule has 1 N–H and O–H groups in total. The first-order valence-electron chi connectivity index (χ1n) is 8.00. The van der Waals surface area contributed by atoms with E-state index in [4.69, 9.17) is 9.15 Å². The number of furan rings is 1. The molecule has 0 atom stereocenters. The molecular formula is C17H21N3O3S. The smallest absolute Gasteiger partial charge is 0.252 e. The van der Waals surface area contributed by atoms with Crippen molar-refractivity contribution in [2.24, 2.45) is 0 Å². The summed E-state index contributed by atoms with van der Waals surface area (Å²) >= 11 is 1.73. The molecule has 1 fully saturated rings. The third-order valence-corrected chi connectivity index (χ3v) is 4.68. The van der Waals surface area contributed by atoms with Gasteiger partial charge < -0.3 is 19.4 Å². The molecule has 0 spiro atoms. The lowest BCUT2D eigenvalue weighted by Crippen LogP contribution is -2.36. The Bertz CT molecular complexity index is 625. The largest absolute Gasteiger partial charge is 0.468 e. The van der Waals surface area contributed by atoms with Crippen molar-refractivity contribution >= 4 is 23.5 Å². The predicted octanol–water partition coefficient (Wildman–Crippen LogP) is 2.17. The minimum atomic E-state index is -0.0883. The van der Waals surface area contributed by atoms with E-state index in [1.54, 1.807) is 24.2 Å². The molecule has 0 aromatic carbocycles. The molecule has 2 aromatic heterocycles. The summed E-state index contributed by atoms with van der Waals surface area (Å²) in [4.78, 5) is 18.7. The first-order chi connectivity index (χ1) is 11.8. The van der Waals surface area contributed by atoms with Crippen molar-refractivity contribution in [3.8, 4) is 0 Å². The van der Waals surface area contributed by atoms with Gasteiger partial charge in [0.1, 0.15) is 11.6 Å². The number of thioether (sulfide) groups is 1. The molecule has 1 aliphatic rings. The van der Waals surface area contributed by atoms with E-state index in [-0.39, 0.29) is 5.91 Å². The van der Waals surface area contributed by atoms with Gasteiger partial charge in [0.25, 0.3) is 5.91 Å². The minimum absolute atomic E-state index is 0.0883. The van der Waals surface area contributed by atoms with E-state index in [2.05, 4.69) is 15.2 Å². The molecule has 1 aliphatic heterocycles. The average Bonchev–Trinajstić information content (AvgIpc) is 3.16. The number of morpholine rings is 1. The van der Waals surface area contributed by atoms with Gasteiger partial charge in [-0.15, -0.1) is 0 Å². The van der Waals surface area contributed by atoms with Crippen LogP contribution in [0.3, 0.4) is 0 Å². The maximum atomic E-state index is 12.1. The molecule has 1 amide bonds. The predicted molar refractivity (Wildman–Crippen MR) is 94.5 cm³/mol. The average molecular weight is 347 g/mol. The van der Waals surface area contributed by atoms with Crippen molar-refractivity contribution in [3.05, 3.63) is 48.0 Å². The van der Waals surface area contributed by atoms with Gasteiger partial charge in [-0.25, -0.2) is 4.98 Å². The first kappa shape index (κ1) is 16.9. The third-order valence-electron chi connectivity index (χ3n) is 3.70. The van der Waals surface area contributed by atoms with Crippen molar-refractivity contribution in [2.45, 2.75) is 5.75 Å². The van der Waals surface area contributed by atoms with Gasteiger partial charge in [-0.1, -0.05) is 0 Å². The Labute approximate surface area is 145 Å². The summed E-state index contributed by atoms with van der Waals surface area (Å²) in [6.45, 7) is 3.74. The highest BCUT2D eigenvalue weighted by atomic mass is 32.2. The van der Waals surface area contributed by atoms with Gasteiger partial charge in [-0.2, -0.15) is 11.8 Å². The number of hydrogen-bond donors (Lipinski definition) is 1. The lowest BCUT2D eigenvalue weighted by atomic mass is 10.2. The van der Waals surface area contributed by atoms with Gasteiger partial charge in [0, 0.05) is 31.6 Å². The van der Waals surface area contributed by atoms with Crippen LogP contribution in [0.2, 0.25) is 0 Å². The Balaban J connectivity index is 1.39. The summed E-state index contributed by atoms with van der Waals surface area (Å²) in [5.74, 6) is 3.41. The number of carbonyl (C=O) groups is 1. The van der Waals surface area contributed by atoms with Crippen LogP contribution in [0.1, 0.15) is 16.1 Å². The minimum Gasteiger partial charge on any atom is -0.468 e. The molecule has 0 aliphatic carbocycles. The van der Waals surface area contributed by atoms with Crippen molar-refractivity contribution in [1.82, 2.24) is 10.3 Å². The fraction of sp³-hybridized carbons (Fsp3) is 0.412. The van der Waals surface area contributed by atoms with Crippen LogP contribution in [-0.2, 0) is 10.5 Å². The second kappa shape index (κ2) is 8.75. The van der Waals surface area contributed by atoms with Gasteiger partial charge in [0.15, 0.2) is 0 Å². The van der Waals surface area contributed by atoms with Crippen LogP contribution in [0.4, 0.5) is 5.82 Å². The van der Waals surface area contributed by atoms with Crippen LogP contribution < -0.4 is 10.2 Å². The van der Waals surface area contributed by atoms with Crippen LogP contribution >= 0.6 is 11.8 Å². The number of anilines is 1. The summed E-state index contributed by atoms with van der Waals surface area (Å²) in [6, 6.07) is 7.55.